The van der Waals surface area contributed by atoms with Crippen LogP contribution in [-0.4, -0.2) is 33.1 Å². The SMILES string of the molecule is Brc1cnc2nc(-c3ccc(OCCNCc4cccnc4)cc3)[nH]c2c1. The van der Waals surface area contributed by atoms with Crippen LogP contribution in [-0.2, 0) is 6.54 Å². The van der Waals surface area contributed by atoms with Gasteiger partial charge in [-0.3, -0.25) is 4.98 Å². The summed E-state index contributed by atoms with van der Waals surface area (Å²) in [5, 5.41) is 3.34. The summed E-state index contributed by atoms with van der Waals surface area (Å²) in [5.41, 5.74) is 3.76. The van der Waals surface area contributed by atoms with Crippen LogP contribution in [0.25, 0.3) is 22.6 Å². The Morgan fingerprint density at radius 2 is 2.00 bits per heavy atom. The van der Waals surface area contributed by atoms with Gasteiger partial charge in [-0.15, -0.1) is 0 Å². The molecule has 6 nitrogen and oxygen atoms in total. The summed E-state index contributed by atoms with van der Waals surface area (Å²) in [4.78, 5) is 16.2. The number of hydrogen-bond acceptors (Lipinski definition) is 5. The molecule has 0 radical (unpaired) electrons. The molecule has 0 amide bonds. The van der Waals surface area contributed by atoms with Crippen LogP contribution in [0.1, 0.15) is 5.56 Å². The fourth-order valence-corrected chi connectivity index (χ4v) is 3.03. The zero-order valence-corrected chi connectivity index (χ0v) is 16.1. The Morgan fingerprint density at radius 3 is 2.81 bits per heavy atom. The minimum Gasteiger partial charge on any atom is -0.492 e. The molecule has 0 bridgehead atoms. The molecule has 0 spiro atoms. The molecule has 3 aromatic heterocycles. The number of pyridine rings is 2. The molecule has 0 atom stereocenters. The number of H-pyrrole nitrogens is 1. The fourth-order valence-electron chi connectivity index (χ4n) is 2.70. The topological polar surface area (TPSA) is 75.7 Å². The third kappa shape index (κ3) is 4.50. The van der Waals surface area contributed by atoms with Gasteiger partial charge < -0.3 is 15.0 Å². The van der Waals surface area contributed by atoms with Gasteiger partial charge in [0.2, 0.25) is 0 Å². The van der Waals surface area contributed by atoms with Crippen molar-refractivity contribution in [3.63, 3.8) is 0 Å². The molecule has 27 heavy (non-hydrogen) atoms. The normalized spacial score (nSPS) is 11.0. The average Bonchev–Trinajstić information content (AvgIpc) is 3.12. The minimum absolute atomic E-state index is 0.599. The van der Waals surface area contributed by atoms with Crippen molar-refractivity contribution < 1.29 is 4.74 Å². The number of rotatable bonds is 7. The third-order valence-corrected chi connectivity index (χ3v) is 4.46. The molecule has 4 aromatic rings. The average molecular weight is 424 g/mol. The molecule has 7 heteroatoms. The summed E-state index contributed by atoms with van der Waals surface area (Å²) in [7, 11) is 0. The van der Waals surface area contributed by atoms with Crippen molar-refractivity contribution in [3.8, 4) is 17.1 Å². The van der Waals surface area contributed by atoms with Gasteiger partial charge in [0, 0.05) is 41.7 Å². The van der Waals surface area contributed by atoms with Crippen molar-refractivity contribution in [2.45, 2.75) is 6.54 Å². The van der Waals surface area contributed by atoms with Gasteiger partial charge in [-0.05, 0) is 57.9 Å². The first-order valence-corrected chi connectivity index (χ1v) is 9.41. The van der Waals surface area contributed by atoms with Crippen molar-refractivity contribution in [2.75, 3.05) is 13.2 Å². The monoisotopic (exact) mass is 423 g/mol. The maximum atomic E-state index is 5.78. The van der Waals surface area contributed by atoms with E-state index in [9.17, 15) is 0 Å². The Hall–Kier alpha value is -2.77. The molecule has 0 aliphatic rings. The molecule has 4 rings (SSSR count). The first-order chi connectivity index (χ1) is 13.3. The lowest BCUT2D eigenvalue weighted by Gasteiger charge is -2.08. The van der Waals surface area contributed by atoms with E-state index in [1.807, 2.05) is 48.7 Å². The number of halogens is 1. The molecule has 0 aliphatic carbocycles. The maximum absolute atomic E-state index is 5.78. The lowest BCUT2D eigenvalue weighted by atomic mass is 10.2. The molecule has 0 saturated heterocycles. The molecule has 136 valence electrons. The Morgan fingerprint density at radius 1 is 1.11 bits per heavy atom. The van der Waals surface area contributed by atoms with Gasteiger partial charge in [0.25, 0.3) is 0 Å². The van der Waals surface area contributed by atoms with Crippen LogP contribution >= 0.6 is 15.9 Å². The molecule has 2 N–H and O–H groups in total. The van der Waals surface area contributed by atoms with E-state index >= 15 is 0 Å². The van der Waals surface area contributed by atoms with E-state index in [4.69, 9.17) is 4.74 Å². The second-order valence-corrected chi connectivity index (χ2v) is 6.94. The van der Waals surface area contributed by atoms with Gasteiger partial charge in [-0.2, -0.15) is 0 Å². The Balaban J connectivity index is 1.30. The molecule has 0 unspecified atom stereocenters. The van der Waals surface area contributed by atoms with Crippen LogP contribution in [0.5, 0.6) is 5.75 Å². The van der Waals surface area contributed by atoms with E-state index in [2.05, 4.69) is 41.2 Å². The van der Waals surface area contributed by atoms with Gasteiger partial charge in [0.1, 0.15) is 18.2 Å². The molecule has 3 heterocycles. The number of benzene rings is 1. The van der Waals surface area contributed by atoms with Crippen LogP contribution in [0.2, 0.25) is 0 Å². The minimum atomic E-state index is 0.599. The van der Waals surface area contributed by atoms with Gasteiger partial charge in [0.15, 0.2) is 5.65 Å². The van der Waals surface area contributed by atoms with Crippen LogP contribution < -0.4 is 10.1 Å². The van der Waals surface area contributed by atoms with Gasteiger partial charge in [-0.1, -0.05) is 6.07 Å². The summed E-state index contributed by atoms with van der Waals surface area (Å²) >= 11 is 3.42. The predicted molar refractivity (Wildman–Crippen MR) is 108 cm³/mol. The van der Waals surface area contributed by atoms with Gasteiger partial charge in [0.05, 0.1) is 5.52 Å². The zero-order chi connectivity index (χ0) is 18.5. The zero-order valence-electron chi connectivity index (χ0n) is 14.5. The van der Waals surface area contributed by atoms with Crippen LogP contribution in [0.15, 0.2) is 65.5 Å². The van der Waals surface area contributed by atoms with E-state index < -0.39 is 0 Å². The number of aromatic amines is 1. The molecule has 0 saturated carbocycles. The van der Waals surface area contributed by atoms with Crippen molar-refractivity contribution in [1.29, 1.82) is 0 Å². The van der Waals surface area contributed by atoms with E-state index in [0.29, 0.717) is 12.3 Å². The molecular formula is C20H18BrN5O. The van der Waals surface area contributed by atoms with Crippen molar-refractivity contribution in [2.24, 2.45) is 0 Å². The highest BCUT2D eigenvalue weighted by Crippen LogP contribution is 2.23. The predicted octanol–water partition coefficient (Wildman–Crippen LogP) is 3.95. The van der Waals surface area contributed by atoms with E-state index in [0.717, 1.165) is 45.8 Å². The van der Waals surface area contributed by atoms with Gasteiger partial charge in [-0.25, -0.2) is 9.97 Å². The summed E-state index contributed by atoms with van der Waals surface area (Å²) in [6.45, 7) is 2.15. The lowest BCUT2D eigenvalue weighted by molar-refractivity contribution is 0.313. The molecule has 1 aromatic carbocycles. The fraction of sp³-hybridized carbons (Fsp3) is 0.150. The highest BCUT2D eigenvalue weighted by atomic mass is 79.9. The van der Waals surface area contributed by atoms with Crippen LogP contribution in [0.4, 0.5) is 0 Å². The number of fused-ring (bicyclic) bond motifs is 1. The number of nitrogens with zero attached hydrogens (tertiary/aromatic N) is 3. The largest absolute Gasteiger partial charge is 0.492 e. The first kappa shape index (κ1) is 17.6. The number of nitrogens with one attached hydrogen (secondary N) is 2. The summed E-state index contributed by atoms with van der Waals surface area (Å²) < 4.78 is 6.70. The number of aromatic nitrogens is 4. The Bertz CT molecular complexity index is 1020. The van der Waals surface area contributed by atoms with E-state index in [1.165, 1.54) is 0 Å². The molecular weight excluding hydrogens is 406 g/mol. The number of ether oxygens (including phenoxy) is 1. The Kier molecular flexibility index (Phi) is 5.41. The quantitative estimate of drug-likeness (QED) is 0.440. The lowest BCUT2D eigenvalue weighted by Crippen LogP contribution is -2.20. The number of hydrogen-bond donors (Lipinski definition) is 2. The Labute approximate surface area is 165 Å². The van der Waals surface area contributed by atoms with E-state index in [1.54, 1.807) is 12.4 Å². The summed E-state index contributed by atoms with van der Waals surface area (Å²) in [6.07, 6.45) is 5.38. The standard InChI is InChI=1S/C20H18BrN5O/c21-16-10-18-20(24-13-16)26-19(25-18)15-3-5-17(6-4-15)27-9-8-23-12-14-2-1-7-22-11-14/h1-7,10-11,13,23H,8-9,12H2,(H,24,25,26). The molecule has 0 aliphatic heterocycles. The first-order valence-electron chi connectivity index (χ1n) is 8.62. The maximum Gasteiger partial charge on any atom is 0.178 e. The third-order valence-electron chi connectivity index (χ3n) is 4.03. The van der Waals surface area contributed by atoms with Crippen molar-refractivity contribution in [3.05, 3.63) is 71.1 Å². The highest BCUT2D eigenvalue weighted by Gasteiger charge is 2.07. The summed E-state index contributed by atoms with van der Waals surface area (Å²) in [6, 6.07) is 13.8. The smallest absolute Gasteiger partial charge is 0.178 e. The summed E-state index contributed by atoms with van der Waals surface area (Å²) in [5.74, 6) is 1.62. The highest BCUT2D eigenvalue weighted by molar-refractivity contribution is 9.10. The van der Waals surface area contributed by atoms with Gasteiger partial charge >= 0.3 is 0 Å². The van der Waals surface area contributed by atoms with Crippen molar-refractivity contribution >= 4 is 27.1 Å². The number of imidazole rings is 1. The van der Waals surface area contributed by atoms with Crippen molar-refractivity contribution in [1.82, 2.24) is 25.3 Å². The molecule has 0 fully saturated rings. The van der Waals surface area contributed by atoms with E-state index in [-0.39, 0.29) is 0 Å². The second kappa shape index (κ2) is 8.28. The second-order valence-electron chi connectivity index (χ2n) is 6.02. The van der Waals surface area contributed by atoms with Crippen LogP contribution in [0.3, 0.4) is 0 Å². The van der Waals surface area contributed by atoms with Crippen LogP contribution in [0, 0.1) is 0 Å².